The van der Waals surface area contributed by atoms with Gasteiger partial charge in [-0.2, -0.15) is 39.5 Å². The van der Waals surface area contributed by atoms with Crippen LogP contribution in [0.1, 0.15) is 142 Å². The standard InChI is InChI=1S/C28H26F3N3O.C27H25F3N2O.C26H22F4N2/c1-17(35)32-23-8-6-5-7-20(23)21-15-24-25(16-22(21)28(29,30)31)34-26(33-24)14-11-18-9-12-19(13-10-18)27(2,3)4;1-26(2,3)19-11-8-17(9-12-19)10-13-25-31-23-14-21(20-7-5-4-6-18(20)16-33)22(27(28,29)30)15-24(23)32-25;1-25(2,3)17-11-8-16(9-12-17)10-13-24-31-22-14-19(18-6-4-5-7-21(18)27)20(26(28,29)30)15-23(22)32-24/h5-16H,1-4H3,(H,32,35)(H,33,34);4-15,33H,16H2,1-3H3,(H,31,32);4-15H,1-3H3,(H,31,32)/b14-11+;2*13-10+. The molecule has 5 N–H and O–H groups in total. The molecule has 3 aromatic heterocycles. The average molecular weight is 1370 g/mol. The van der Waals surface area contributed by atoms with Gasteiger partial charge < -0.3 is 25.4 Å². The first-order valence-electron chi connectivity index (χ1n) is 32.0. The van der Waals surface area contributed by atoms with Crippen LogP contribution in [0.4, 0.5) is 49.6 Å². The third kappa shape index (κ3) is 17.4. The van der Waals surface area contributed by atoms with Crippen molar-refractivity contribution in [3.8, 4) is 33.4 Å². The van der Waals surface area contributed by atoms with E-state index in [4.69, 9.17) is 0 Å². The van der Waals surface area contributed by atoms with Crippen molar-refractivity contribution < 1.29 is 53.8 Å². The first-order valence-corrected chi connectivity index (χ1v) is 32.0. The highest BCUT2D eigenvalue weighted by Crippen LogP contribution is 2.44. The molecule has 19 heteroatoms. The molecule has 0 saturated heterocycles. The molecular formula is C81H73F10N7O2. The number of hydrogen-bond acceptors (Lipinski definition) is 5. The summed E-state index contributed by atoms with van der Waals surface area (Å²) in [7, 11) is 0. The van der Waals surface area contributed by atoms with E-state index in [1.807, 2.05) is 54.6 Å². The number of anilines is 1. The smallest absolute Gasteiger partial charge is 0.392 e. The topological polar surface area (TPSA) is 135 Å². The molecule has 0 fully saturated rings. The summed E-state index contributed by atoms with van der Waals surface area (Å²) in [4.78, 5) is 33.8. The molecule has 9 nitrogen and oxygen atoms in total. The summed E-state index contributed by atoms with van der Waals surface area (Å²) < 4.78 is 139. The molecular weight excluding hydrogens is 1290 g/mol. The van der Waals surface area contributed by atoms with Gasteiger partial charge in [-0.3, -0.25) is 4.79 Å². The Bertz CT molecular complexity index is 5010. The number of aliphatic hydroxyl groups excluding tert-OH is 1. The number of nitrogens with one attached hydrogen (secondary N) is 4. The number of imidazole rings is 3. The highest BCUT2D eigenvalue weighted by atomic mass is 19.4. The number of carbonyl (C=O) groups is 1. The molecule has 1 amide bonds. The van der Waals surface area contributed by atoms with Crippen LogP contribution >= 0.6 is 0 Å². The number of hydrogen-bond donors (Lipinski definition) is 5. The lowest BCUT2D eigenvalue weighted by Crippen LogP contribution is -2.10. The Labute approximate surface area is 572 Å². The van der Waals surface area contributed by atoms with Crippen molar-refractivity contribution in [2.45, 2.75) is 111 Å². The van der Waals surface area contributed by atoms with Gasteiger partial charge in [-0.05, 0) is 144 Å². The van der Waals surface area contributed by atoms with Crippen LogP contribution in [0.25, 0.3) is 103 Å². The number of fused-ring (bicyclic) bond motifs is 3. The van der Waals surface area contributed by atoms with E-state index in [1.165, 1.54) is 60.0 Å². The number of para-hydroxylation sites is 1. The van der Waals surface area contributed by atoms with Crippen LogP contribution in [0, 0.1) is 5.82 Å². The zero-order valence-corrected chi connectivity index (χ0v) is 56.5. The van der Waals surface area contributed by atoms with Gasteiger partial charge >= 0.3 is 18.5 Å². The summed E-state index contributed by atoms with van der Waals surface area (Å²) in [5.41, 5.74) is 7.11. The Morgan fingerprint density at radius 2 is 0.710 bits per heavy atom. The summed E-state index contributed by atoms with van der Waals surface area (Å²) in [6.07, 6.45) is -3.01. The van der Waals surface area contributed by atoms with E-state index in [2.05, 4.69) is 134 Å². The van der Waals surface area contributed by atoms with Crippen LogP contribution in [-0.2, 0) is 46.2 Å². The first-order chi connectivity index (χ1) is 47.0. The van der Waals surface area contributed by atoms with Gasteiger partial charge in [0, 0.05) is 23.7 Å². The molecule has 0 bridgehead atoms. The summed E-state index contributed by atoms with van der Waals surface area (Å²) >= 11 is 0. The highest BCUT2D eigenvalue weighted by Gasteiger charge is 2.38. The number of carbonyl (C=O) groups excluding carboxylic acids is 1. The summed E-state index contributed by atoms with van der Waals surface area (Å²) in [6.45, 7) is 20.2. The number of rotatable bonds is 11. The molecule has 12 aromatic rings. The molecule has 12 rings (SSSR count). The second-order valence-electron chi connectivity index (χ2n) is 27.2. The molecule has 0 aliphatic carbocycles. The molecule has 0 aliphatic heterocycles. The van der Waals surface area contributed by atoms with Crippen LogP contribution in [0.15, 0.2) is 182 Å². The number of nitrogens with zero attached hydrogens (tertiary/aromatic N) is 3. The summed E-state index contributed by atoms with van der Waals surface area (Å²) in [5.74, 6) is 0.242. The van der Waals surface area contributed by atoms with Gasteiger partial charge in [0.25, 0.3) is 0 Å². The van der Waals surface area contributed by atoms with Gasteiger partial charge in [0.2, 0.25) is 5.91 Å². The molecule has 0 radical (unpaired) electrons. The largest absolute Gasteiger partial charge is 0.417 e. The monoisotopic (exact) mass is 1370 g/mol. The van der Waals surface area contributed by atoms with E-state index in [1.54, 1.807) is 66.8 Å². The van der Waals surface area contributed by atoms with Crippen LogP contribution in [0.3, 0.4) is 0 Å². The number of benzene rings is 9. The zero-order valence-electron chi connectivity index (χ0n) is 56.5. The number of halogens is 10. The minimum absolute atomic E-state index is 0.000511. The Morgan fingerprint density at radius 1 is 0.400 bits per heavy atom. The third-order valence-corrected chi connectivity index (χ3v) is 16.6. The molecule has 0 atom stereocenters. The van der Waals surface area contributed by atoms with Gasteiger partial charge in [0.15, 0.2) is 0 Å². The van der Waals surface area contributed by atoms with Gasteiger partial charge in [0.1, 0.15) is 23.3 Å². The van der Waals surface area contributed by atoms with Crippen LogP contribution in [0.2, 0.25) is 0 Å². The molecule has 9 aromatic carbocycles. The van der Waals surface area contributed by atoms with Gasteiger partial charge in [-0.1, -0.05) is 214 Å². The Morgan fingerprint density at radius 3 is 1.04 bits per heavy atom. The predicted molar refractivity (Wildman–Crippen MR) is 382 cm³/mol. The van der Waals surface area contributed by atoms with E-state index in [0.29, 0.717) is 56.4 Å². The first kappa shape index (κ1) is 72.1. The van der Waals surface area contributed by atoms with Crippen molar-refractivity contribution in [3.63, 3.8) is 0 Å². The fourth-order valence-electron chi connectivity index (χ4n) is 11.3. The molecule has 0 saturated carbocycles. The lowest BCUT2D eigenvalue weighted by molar-refractivity contribution is -0.137. The van der Waals surface area contributed by atoms with Crippen LogP contribution in [-0.4, -0.2) is 40.9 Å². The van der Waals surface area contributed by atoms with Crippen molar-refractivity contribution in [2.24, 2.45) is 0 Å². The molecule has 0 unspecified atom stereocenters. The highest BCUT2D eigenvalue weighted by molar-refractivity contribution is 5.97. The van der Waals surface area contributed by atoms with E-state index >= 15 is 0 Å². The number of alkyl halides is 9. The number of aromatic nitrogens is 6. The summed E-state index contributed by atoms with van der Waals surface area (Å²) in [6, 6.07) is 50.0. The molecule has 514 valence electrons. The SMILES string of the molecule is CC(=O)Nc1ccccc1-c1cc2nc(/C=C/c3ccc(C(C)(C)C)cc3)[nH]c2cc1C(F)(F)F.CC(C)(C)c1ccc(/C=C/c2nc3cc(-c4ccccc4CO)c(C(F)(F)F)cc3[nH]2)cc1.CC(C)(C)c1ccc(/C=C/c2nc3cc(-c4ccccc4F)c(C(F)(F)F)cc3[nH]2)cc1. The second kappa shape index (κ2) is 28.7. The number of H-pyrrole nitrogens is 3. The van der Waals surface area contributed by atoms with Crippen LogP contribution in [0.5, 0.6) is 0 Å². The van der Waals surface area contributed by atoms with Crippen LogP contribution < -0.4 is 5.32 Å². The van der Waals surface area contributed by atoms with Gasteiger partial charge in [0.05, 0.1) is 56.4 Å². The van der Waals surface area contributed by atoms with Crippen molar-refractivity contribution in [1.82, 2.24) is 29.9 Å². The lowest BCUT2D eigenvalue weighted by Gasteiger charge is -2.18. The number of aliphatic hydroxyl groups is 1. The Kier molecular flexibility index (Phi) is 20.7. The summed E-state index contributed by atoms with van der Waals surface area (Å²) in [5, 5.41) is 12.2. The minimum Gasteiger partial charge on any atom is -0.392 e. The van der Waals surface area contributed by atoms with Crippen molar-refractivity contribution in [2.75, 3.05) is 5.32 Å². The van der Waals surface area contributed by atoms with E-state index in [-0.39, 0.29) is 67.6 Å². The maximum absolute atomic E-state index is 14.3. The Hall–Kier alpha value is -10.7. The number of amides is 1. The predicted octanol–water partition coefficient (Wildman–Crippen LogP) is 22.7. The second-order valence-corrected chi connectivity index (χ2v) is 27.2. The molecule has 0 aliphatic rings. The fraction of sp³-hybridized carbons (Fsp3) is 0.210. The molecule has 3 heterocycles. The third-order valence-electron chi connectivity index (χ3n) is 16.6. The normalized spacial score (nSPS) is 12.6. The quantitative estimate of drug-likeness (QED) is 0.0822. The fourth-order valence-corrected chi connectivity index (χ4v) is 11.3. The average Bonchev–Trinajstić information content (AvgIpc) is 1.52. The maximum atomic E-state index is 14.3. The Balaban J connectivity index is 0.000000162. The zero-order chi connectivity index (χ0) is 72.3. The lowest BCUT2D eigenvalue weighted by atomic mass is 9.87. The molecule has 0 spiro atoms. The molecule has 100 heavy (non-hydrogen) atoms. The van der Waals surface area contributed by atoms with Crippen molar-refractivity contribution in [3.05, 3.63) is 261 Å². The minimum atomic E-state index is -4.64. The van der Waals surface area contributed by atoms with E-state index < -0.39 is 41.0 Å². The van der Waals surface area contributed by atoms with Crippen molar-refractivity contribution in [1.29, 1.82) is 0 Å². The van der Waals surface area contributed by atoms with E-state index in [0.717, 1.165) is 41.0 Å². The number of aromatic amines is 3. The maximum Gasteiger partial charge on any atom is 0.417 e. The van der Waals surface area contributed by atoms with Crippen molar-refractivity contribution >= 4 is 81.2 Å². The van der Waals surface area contributed by atoms with Gasteiger partial charge in [-0.15, -0.1) is 0 Å². The van der Waals surface area contributed by atoms with Gasteiger partial charge in [-0.25, -0.2) is 19.3 Å². The van der Waals surface area contributed by atoms with E-state index in [9.17, 15) is 53.8 Å².